The Morgan fingerprint density at radius 3 is 1.79 bits per heavy atom. The summed E-state index contributed by atoms with van der Waals surface area (Å²) in [6.07, 6.45) is 4.03. The second-order valence-corrected chi connectivity index (χ2v) is 14.6. The topological polar surface area (TPSA) is 49.4 Å². The first-order valence-electron chi connectivity index (χ1n) is 12.5. The van der Waals surface area contributed by atoms with Crippen LogP contribution in [-0.2, 0) is 0 Å². The minimum absolute atomic E-state index is 0.0898. The van der Waals surface area contributed by atoms with Crippen LogP contribution >= 0.6 is 14.8 Å². The molecule has 2 rings (SSSR count). The number of nitrogens with zero attached hydrogens (tertiary/aromatic N) is 4. The van der Waals surface area contributed by atoms with E-state index in [9.17, 15) is 0 Å². The molecule has 0 aliphatic heterocycles. The molecule has 0 amide bonds. The van der Waals surface area contributed by atoms with Gasteiger partial charge in [-0.05, 0) is 42.1 Å². The highest BCUT2D eigenvalue weighted by Crippen LogP contribution is 2.63. The molecule has 2 aromatic rings. The summed E-state index contributed by atoms with van der Waals surface area (Å²) in [5.74, 6) is 0.323. The van der Waals surface area contributed by atoms with Crippen molar-refractivity contribution in [2.24, 2.45) is 19.0 Å². The van der Waals surface area contributed by atoms with E-state index in [1.54, 1.807) is 0 Å². The summed E-state index contributed by atoms with van der Waals surface area (Å²) in [5, 5.41) is 0. The lowest BCUT2D eigenvalue weighted by Crippen LogP contribution is -1.98. The van der Waals surface area contributed by atoms with Crippen molar-refractivity contribution >= 4 is 27.0 Å². The van der Waals surface area contributed by atoms with Gasteiger partial charge in [-0.25, -0.2) is 4.99 Å². The van der Waals surface area contributed by atoms with E-state index < -0.39 is 14.8 Å². The van der Waals surface area contributed by atoms with E-state index in [1.807, 2.05) is 52.0 Å². The fourth-order valence-electron chi connectivity index (χ4n) is 3.23. The van der Waals surface area contributed by atoms with Crippen molar-refractivity contribution in [3.05, 3.63) is 71.8 Å². The Labute approximate surface area is 210 Å². The molecule has 2 atom stereocenters. The predicted molar refractivity (Wildman–Crippen MR) is 160 cm³/mol. The van der Waals surface area contributed by atoms with Crippen LogP contribution in [0.4, 0.5) is 0 Å². The Kier molecular flexibility index (Phi) is 16.6. The average Bonchev–Trinajstić information content (AvgIpc) is 2.85. The van der Waals surface area contributed by atoms with Gasteiger partial charge in [-0.2, -0.15) is 0 Å². The van der Waals surface area contributed by atoms with Gasteiger partial charge in [-0.1, -0.05) is 102 Å². The van der Waals surface area contributed by atoms with Gasteiger partial charge < -0.3 is 0 Å². The molecule has 0 aliphatic carbocycles. The Morgan fingerprint density at radius 1 is 0.824 bits per heavy atom. The van der Waals surface area contributed by atoms with Crippen LogP contribution in [0.5, 0.6) is 0 Å². The summed E-state index contributed by atoms with van der Waals surface area (Å²) in [5.41, 5.74) is 2.49. The molecule has 0 aliphatic rings. The minimum atomic E-state index is -1.88. The Balaban J connectivity index is 0.00000258. The molecular weight excluding hydrogens is 454 g/mol. The van der Waals surface area contributed by atoms with Crippen LogP contribution in [0.2, 0.25) is 0 Å². The molecule has 0 saturated heterocycles. The van der Waals surface area contributed by atoms with Gasteiger partial charge in [-0.3, -0.25) is 4.76 Å². The first-order valence-corrected chi connectivity index (χ1v) is 17.7. The van der Waals surface area contributed by atoms with Gasteiger partial charge in [0.2, 0.25) is 0 Å². The Bertz CT molecular complexity index is 925. The molecule has 0 bridgehead atoms. The molecule has 6 heteroatoms. The molecule has 0 spiro atoms. The maximum atomic E-state index is 5.07. The third kappa shape index (κ3) is 12.6. The SMILES string of the molecule is CC.CC.CCC(C=NP(C)(C)=N[P+](C)(C)N=C=NC(CC)c1ccccc1)c1ccccc1. The zero-order chi connectivity index (χ0) is 26.0. The molecule has 0 fully saturated rings. The third-order valence-electron chi connectivity index (χ3n) is 4.71. The van der Waals surface area contributed by atoms with Crippen molar-refractivity contribution in [3.8, 4) is 0 Å². The second-order valence-electron chi connectivity index (χ2n) is 8.12. The van der Waals surface area contributed by atoms with Crippen molar-refractivity contribution in [2.75, 3.05) is 26.7 Å². The lowest BCUT2D eigenvalue weighted by Gasteiger charge is -2.13. The summed E-state index contributed by atoms with van der Waals surface area (Å²) in [4.78, 5) is 4.58. The van der Waals surface area contributed by atoms with Crippen LogP contribution in [0.3, 0.4) is 0 Å². The molecule has 0 aromatic heterocycles. The van der Waals surface area contributed by atoms with E-state index in [0.29, 0.717) is 5.92 Å². The van der Waals surface area contributed by atoms with Crippen molar-refractivity contribution in [2.45, 2.75) is 66.3 Å². The summed E-state index contributed by atoms with van der Waals surface area (Å²) >= 11 is 0. The van der Waals surface area contributed by atoms with E-state index >= 15 is 0 Å². The van der Waals surface area contributed by atoms with Gasteiger partial charge in [0, 0.05) is 12.1 Å². The van der Waals surface area contributed by atoms with Crippen LogP contribution in [0.1, 0.15) is 77.5 Å². The molecule has 34 heavy (non-hydrogen) atoms. The standard InChI is InChI=1S/C24H35N4P2.2C2H6/c1-7-21(22-15-11-9-12-16-22)19-26-29(3,4)28-30(5,6)27-20-25-24(8-2)23-17-13-10-14-18-23;2*1-2/h9-19,21,24H,7-8H2,1-6H3;2*1-2H3/q+1;;. The quantitative estimate of drug-likeness (QED) is 0.242. The zero-order valence-corrected chi connectivity index (χ0v) is 24.9. The van der Waals surface area contributed by atoms with Gasteiger partial charge in [0.05, 0.1) is 19.4 Å². The molecule has 0 heterocycles. The number of benzene rings is 2. The van der Waals surface area contributed by atoms with E-state index in [2.05, 4.69) is 98.9 Å². The maximum Gasteiger partial charge on any atom is 0.256 e. The Hall–Kier alpha value is -1.85. The zero-order valence-electron chi connectivity index (χ0n) is 23.1. The van der Waals surface area contributed by atoms with E-state index in [4.69, 9.17) is 9.28 Å². The summed E-state index contributed by atoms with van der Waals surface area (Å²) < 4.78 is 14.6. The smallest absolute Gasteiger partial charge is 0.253 e. The van der Waals surface area contributed by atoms with Gasteiger partial charge in [-0.15, -0.1) is 4.52 Å². The molecular formula is C28H47N4P2+. The van der Waals surface area contributed by atoms with Crippen molar-refractivity contribution < 1.29 is 0 Å². The van der Waals surface area contributed by atoms with E-state index in [1.165, 1.54) is 11.1 Å². The first kappa shape index (κ1) is 32.1. The molecule has 188 valence electrons. The Morgan fingerprint density at radius 2 is 1.32 bits per heavy atom. The first-order chi connectivity index (χ1) is 16.3. The van der Waals surface area contributed by atoms with Crippen molar-refractivity contribution in [3.63, 3.8) is 0 Å². The number of rotatable bonds is 9. The van der Waals surface area contributed by atoms with Crippen LogP contribution in [0.15, 0.2) is 79.7 Å². The molecule has 2 aromatic carbocycles. The average molecular weight is 502 g/mol. The maximum absolute atomic E-state index is 5.07. The molecule has 2 unspecified atom stereocenters. The molecule has 0 N–H and O–H groups in total. The van der Waals surface area contributed by atoms with Crippen LogP contribution in [0, 0.1) is 0 Å². The largest absolute Gasteiger partial charge is 0.256 e. The lowest BCUT2D eigenvalue weighted by molar-refractivity contribution is 0.705. The molecule has 0 saturated carbocycles. The normalized spacial score (nSPS) is 12.8. The molecule has 0 radical (unpaired) electrons. The summed E-state index contributed by atoms with van der Waals surface area (Å²) in [6, 6.07) is 23.9. The highest BCUT2D eigenvalue weighted by atomic mass is 31.2. The van der Waals surface area contributed by atoms with Gasteiger partial charge >= 0.3 is 0 Å². The number of hydrogen-bond donors (Lipinski definition) is 0. The highest BCUT2D eigenvalue weighted by molar-refractivity contribution is 7.79. The van der Waals surface area contributed by atoms with Gasteiger partial charge in [0.1, 0.15) is 13.2 Å². The minimum Gasteiger partial charge on any atom is -0.253 e. The third-order valence-corrected chi connectivity index (χ3v) is 9.49. The number of hydrogen-bond acceptors (Lipinski definition) is 3. The van der Waals surface area contributed by atoms with Crippen molar-refractivity contribution in [1.82, 2.24) is 0 Å². The van der Waals surface area contributed by atoms with Crippen molar-refractivity contribution in [1.29, 1.82) is 0 Å². The molecule has 4 nitrogen and oxygen atoms in total. The second kappa shape index (κ2) is 17.6. The lowest BCUT2D eigenvalue weighted by atomic mass is 9.98. The van der Waals surface area contributed by atoms with Gasteiger partial charge in [0.15, 0.2) is 0 Å². The fourth-order valence-corrected chi connectivity index (χ4v) is 8.62. The van der Waals surface area contributed by atoms with E-state index in [0.717, 1.165) is 12.8 Å². The van der Waals surface area contributed by atoms with Crippen LogP contribution in [-0.4, -0.2) is 38.9 Å². The highest BCUT2D eigenvalue weighted by Gasteiger charge is 2.27. The van der Waals surface area contributed by atoms with Crippen LogP contribution in [0.25, 0.3) is 0 Å². The number of aliphatic imine (C=N–C) groups is 1. The van der Waals surface area contributed by atoms with Gasteiger partial charge in [0.25, 0.3) is 7.56 Å². The van der Waals surface area contributed by atoms with E-state index in [-0.39, 0.29) is 6.04 Å². The monoisotopic (exact) mass is 501 g/mol. The summed E-state index contributed by atoms with van der Waals surface area (Å²) in [6.45, 7) is 20.8. The summed E-state index contributed by atoms with van der Waals surface area (Å²) in [7, 11) is -3.69. The van der Waals surface area contributed by atoms with Crippen LogP contribution < -0.4 is 0 Å². The predicted octanol–water partition coefficient (Wildman–Crippen LogP) is 10.1. The fraction of sp³-hybridized carbons (Fsp3) is 0.500.